The molecule has 9 nitrogen and oxygen atoms in total. The van der Waals surface area contributed by atoms with Crippen LogP contribution in [0.4, 0.5) is 5.82 Å². The lowest BCUT2D eigenvalue weighted by molar-refractivity contribution is -0.00627. The highest BCUT2D eigenvalue weighted by Gasteiger charge is 2.55. The van der Waals surface area contributed by atoms with Crippen LogP contribution in [0.2, 0.25) is 0 Å². The molecule has 4 heterocycles. The number of imidazole rings is 1. The summed E-state index contributed by atoms with van der Waals surface area (Å²) in [5.74, 6) is 0.574. The summed E-state index contributed by atoms with van der Waals surface area (Å²) in [6.45, 7) is 10.6. The van der Waals surface area contributed by atoms with Gasteiger partial charge in [0.15, 0.2) is 5.82 Å². The first-order valence-electron chi connectivity index (χ1n) is 11.5. The molecule has 2 fully saturated rings. The molecule has 2 aliphatic rings. The number of aromatic nitrogens is 4. The monoisotopic (exact) mass is 453 g/mol. The molecule has 1 saturated carbocycles. The number of nitrogens with zero attached hydrogens (tertiary/aromatic N) is 4. The van der Waals surface area contributed by atoms with Gasteiger partial charge in [-0.25, -0.2) is 4.98 Å². The number of pyridine rings is 1. The number of hydrogen-bond acceptors (Lipinski definition) is 6. The zero-order chi connectivity index (χ0) is 23.4. The van der Waals surface area contributed by atoms with E-state index in [-0.39, 0.29) is 29.1 Å². The fraction of sp³-hybridized carbons (Fsp3) is 0.542. The fourth-order valence-corrected chi connectivity index (χ4v) is 4.87. The third-order valence-electron chi connectivity index (χ3n) is 6.37. The largest absolute Gasteiger partial charge is 0.490 e. The molecule has 2 bridgehead atoms. The molecule has 2 atom stereocenters. The second-order valence-electron chi connectivity index (χ2n) is 10.0. The van der Waals surface area contributed by atoms with E-state index in [4.69, 9.17) is 19.3 Å². The summed E-state index contributed by atoms with van der Waals surface area (Å²) in [6, 6.07) is 3.52. The number of carbonyl (C=O) groups excluding carboxylic acids is 1. The van der Waals surface area contributed by atoms with Gasteiger partial charge in [0.2, 0.25) is 0 Å². The molecule has 5 rings (SSSR count). The molecular formula is C24H31N5O4. The van der Waals surface area contributed by atoms with Crippen LogP contribution >= 0.6 is 0 Å². The molecule has 1 amide bonds. The normalized spacial score (nSPS) is 24.2. The smallest absolute Gasteiger partial charge is 0.262 e. The fourth-order valence-electron chi connectivity index (χ4n) is 4.87. The van der Waals surface area contributed by atoms with Crippen molar-refractivity contribution in [1.29, 1.82) is 0 Å². The van der Waals surface area contributed by atoms with Gasteiger partial charge >= 0.3 is 0 Å². The Bertz CT molecular complexity index is 1190. The molecule has 1 aliphatic carbocycles. The van der Waals surface area contributed by atoms with Crippen molar-refractivity contribution in [1.82, 2.24) is 19.3 Å². The average molecular weight is 454 g/mol. The molecule has 9 heteroatoms. The Morgan fingerprint density at radius 2 is 2.03 bits per heavy atom. The van der Waals surface area contributed by atoms with Crippen LogP contribution in [-0.2, 0) is 10.2 Å². The molecule has 1 saturated heterocycles. The van der Waals surface area contributed by atoms with Gasteiger partial charge in [0.05, 0.1) is 35.8 Å². The van der Waals surface area contributed by atoms with E-state index >= 15 is 0 Å². The second-order valence-corrected chi connectivity index (χ2v) is 10.0. The van der Waals surface area contributed by atoms with E-state index in [9.17, 15) is 4.79 Å². The zero-order valence-electron chi connectivity index (χ0n) is 19.8. The van der Waals surface area contributed by atoms with E-state index < -0.39 is 0 Å². The van der Waals surface area contributed by atoms with Crippen LogP contribution < -0.4 is 14.9 Å². The molecule has 0 aromatic carbocycles. The third-order valence-corrected chi connectivity index (χ3v) is 6.37. The zero-order valence-corrected chi connectivity index (χ0v) is 19.8. The van der Waals surface area contributed by atoms with E-state index in [0.29, 0.717) is 23.7 Å². The van der Waals surface area contributed by atoms with Crippen LogP contribution in [0.25, 0.3) is 5.65 Å². The van der Waals surface area contributed by atoms with Gasteiger partial charge in [0.25, 0.3) is 5.91 Å². The predicted octanol–water partition coefficient (Wildman–Crippen LogP) is 3.62. The van der Waals surface area contributed by atoms with Crippen LogP contribution in [0.5, 0.6) is 5.75 Å². The Labute approximate surface area is 193 Å². The predicted molar refractivity (Wildman–Crippen MR) is 123 cm³/mol. The third kappa shape index (κ3) is 4.06. The van der Waals surface area contributed by atoms with Crippen LogP contribution in [0.1, 0.15) is 69.9 Å². The molecule has 0 spiro atoms. The highest BCUT2D eigenvalue weighted by atomic mass is 16.7. The van der Waals surface area contributed by atoms with Crippen LogP contribution in [0, 0.1) is 0 Å². The summed E-state index contributed by atoms with van der Waals surface area (Å²) < 4.78 is 14.0. The SMILES string of the molecule is CC(C)Oc1cc2nc([C@@]34CC[C@@](C)(C3)OC4)cn2cc1C(=O)Nc1ccn(OC(C)C)n1. The van der Waals surface area contributed by atoms with Gasteiger partial charge in [-0.1, -0.05) is 0 Å². The number of fused-ring (bicyclic) bond motifs is 3. The van der Waals surface area contributed by atoms with Gasteiger partial charge in [0.1, 0.15) is 17.5 Å². The molecule has 3 aromatic heterocycles. The minimum Gasteiger partial charge on any atom is -0.490 e. The number of carbonyl (C=O) groups is 1. The molecule has 0 radical (unpaired) electrons. The standard InChI is InChI=1S/C24H31N5O4/c1-15(2)32-18-10-21-25-19(24-8-7-23(5,13-24)31-14-24)12-28(21)11-17(18)22(30)26-20-6-9-29(27-20)33-16(3)4/h6,9-12,15-16H,7-8,13-14H2,1-5H3,(H,26,27,30)/t23-,24-/m0/s1. The molecule has 33 heavy (non-hydrogen) atoms. The molecule has 1 aliphatic heterocycles. The van der Waals surface area contributed by atoms with Crippen LogP contribution in [-0.4, -0.2) is 49.7 Å². The summed E-state index contributed by atoms with van der Waals surface area (Å²) in [5.41, 5.74) is 2.08. The Morgan fingerprint density at radius 1 is 1.21 bits per heavy atom. The first kappa shape index (κ1) is 21.8. The first-order chi connectivity index (χ1) is 15.6. The molecule has 1 N–H and O–H groups in total. The maximum Gasteiger partial charge on any atom is 0.262 e. The number of amides is 1. The summed E-state index contributed by atoms with van der Waals surface area (Å²) >= 11 is 0. The molecule has 3 aromatic rings. The minimum atomic E-state index is -0.312. The van der Waals surface area contributed by atoms with Gasteiger partial charge in [-0.2, -0.15) is 0 Å². The van der Waals surface area contributed by atoms with Crippen LogP contribution in [0.15, 0.2) is 30.7 Å². The summed E-state index contributed by atoms with van der Waals surface area (Å²) in [6.07, 6.45) is 8.43. The number of hydrogen-bond donors (Lipinski definition) is 1. The number of nitrogens with one attached hydrogen (secondary N) is 1. The lowest BCUT2D eigenvalue weighted by Crippen LogP contribution is -2.26. The second kappa shape index (κ2) is 7.76. The Morgan fingerprint density at radius 3 is 2.67 bits per heavy atom. The van der Waals surface area contributed by atoms with Crippen molar-refractivity contribution in [2.75, 3.05) is 11.9 Å². The van der Waals surface area contributed by atoms with Crippen LogP contribution in [0.3, 0.4) is 0 Å². The van der Waals surface area contributed by atoms with E-state index in [2.05, 4.69) is 17.3 Å². The maximum atomic E-state index is 13.2. The maximum absolute atomic E-state index is 13.2. The van der Waals surface area contributed by atoms with Gasteiger partial charge in [-0.3, -0.25) is 4.79 Å². The van der Waals surface area contributed by atoms with Crippen molar-refractivity contribution < 1.29 is 19.1 Å². The van der Waals surface area contributed by atoms with Gasteiger partial charge < -0.3 is 24.0 Å². The number of anilines is 1. The lowest BCUT2D eigenvalue weighted by Gasteiger charge is -2.24. The van der Waals surface area contributed by atoms with E-state index in [1.165, 1.54) is 4.85 Å². The lowest BCUT2D eigenvalue weighted by atomic mass is 9.84. The first-order valence-corrected chi connectivity index (χ1v) is 11.5. The van der Waals surface area contributed by atoms with Crippen molar-refractivity contribution >= 4 is 17.4 Å². The Balaban J connectivity index is 1.46. The summed E-state index contributed by atoms with van der Waals surface area (Å²) in [7, 11) is 0. The highest BCUT2D eigenvalue weighted by Crippen LogP contribution is 2.53. The number of ether oxygens (including phenoxy) is 2. The minimum absolute atomic E-state index is 0.0280. The van der Waals surface area contributed by atoms with Crippen molar-refractivity contribution in [2.24, 2.45) is 0 Å². The average Bonchev–Trinajstić information content (AvgIpc) is 3.48. The highest BCUT2D eigenvalue weighted by molar-refractivity contribution is 6.05. The molecular weight excluding hydrogens is 422 g/mol. The van der Waals surface area contributed by atoms with Crippen molar-refractivity contribution in [3.63, 3.8) is 0 Å². The number of rotatable bonds is 7. The van der Waals surface area contributed by atoms with Crippen molar-refractivity contribution in [3.05, 3.63) is 42.0 Å². The Hall–Kier alpha value is -3.07. The van der Waals surface area contributed by atoms with Crippen molar-refractivity contribution in [2.45, 2.75) is 77.1 Å². The van der Waals surface area contributed by atoms with Gasteiger partial charge in [0, 0.05) is 29.9 Å². The molecule has 0 unspecified atom stereocenters. The summed E-state index contributed by atoms with van der Waals surface area (Å²) in [4.78, 5) is 25.0. The van der Waals surface area contributed by atoms with E-state index in [0.717, 1.165) is 30.6 Å². The topological polar surface area (TPSA) is 91.9 Å². The summed E-state index contributed by atoms with van der Waals surface area (Å²) in [5, 5.41) is 7.08. The van der Waals surface area contributed by atoms with E-state index in [1.54, 1.807) is 18.5 Å². The van der Waals surface area contributed by atoms with Gasteiger partial charge in [-0.05, 0) is 53.9 Å². The Kier molecular flexibility index (Phi) is 5.12. The quantitative estimate of drug-likeness (QED) is 0.588. The van der Waals surface area contributed by atoms with Gasteiger partial charge in [-0.15, -0.1) is 9.94 Å². The van der Waals surface area contributed by atoms with Crippen molar-refractivity contribution in [3.8, 4) is 5.75 Å². The van der Waals surface area contributed by atoms with E-state index in [1.807, 2.05) is 44.4 Å². The molecule has 176 valence electrons.